The molecule has 0 amide bonds. The van der Waals surface area contributed by atoms with E-state index < -0.39 is 0 Å². The van der Waals surface area contributed by atoms with Gasteiger partial charge in [-0.2, -0.15) is 0 Å². The van der Waals surface area contributed by atoms with Crippen LogP contribution in [0.15, 0.2) is 36.1 Å². The van der Waals surface area contributed by atoms with Gasteiger partial charge < -0.3 is 5.32 Å². The number of piperidine rings is 1. The zero-order valence-electron chi connectivity index (χ0n) is 7.93. The number of hydrogen-bond acceptors (Lipinski definition) is 1. The molecule has 0 saturated carbocycles. The summed E-state index contributed by atoms with van der Waals surface area (Å²) in [6, 6.07) is 0.584. The van der Waals surface area contributed by atoms with E-state index in [0.717, 1.165) is 12.1 Å². The lowest BCUT2D eigenvalue weighted by molar-refractivity contribution is 0.532. The Balaban J connectivity index is 2.62. The van der Waals surface area contributed by atoms with Gasteiger partial charge >= 0.3 is 0 Å². The van der Waals surface area contributed by atoms with E-state index in [0.29, 0.717) is 6.04 Å². The van der Waals surface area contributed by atoms with Gasteiger partial charge in [0.2, 0.25) is 0 Å². The Morgan fingerprint density at radius 3 is 2.92 bits per heavy atom. The SMILES string of the molecule is C=C1N[C@@H](C)CC/C1=C/C=C\C. The van der Waals surface area contributed by atoms with Crippen molar-refractivity contribution in [1.29, 1.82) is 0 Å². The average Bonchev–Trinajstić information content (AvgIpc) is 2.03. The van der Waals surface area contributed by atoms with Gasteiger partial charge in [-0.05, 0) is 32.3 Å². The van der Waals surface area contributed by atoms with Crippen molar-refractivity contribution in [3.05, 3.63) is 36.1 Å². The standard InChI is InChI=1S/C11H17N/c1-4-5-6-11-8-7-9(2)12-10(11)3/h4-6,9,12H,3,7-8H2,1-2H3/b5-4-,11-6-/t9-/m0/s1. The van der Waals surface area contributed by atoms with Crippen molar-refractivity contribution in [1.82, 2.24) is 5.32 Å². The smallest absolute Gasteiger partial charge is 0.0301 e. The Morgan fingerprint density at radius 2 is 2.33 bits per heavy atom. The largest absolute Gasteiger partial charge is 0.383 e. The first-order chi connectivity index (χ1) is 5.74. The molecule has 1 heteroatoms. The minimum atomic E-state index is 0.584. The molecular weight excluding hydrogens is 146 g/mol. The molecule has 0 radical (unpaired) electrons. The Bertz CT molecular complexity index is 223. The van der Waals surface area contributed by atoms with E-state index >= 15 is 0 Å². The summed E-state index contributed by atoms with van der Waals surface area (Å²) in [7, 11) is 0. The molecule has 1 nitrogen and oxygen atoms in total. The third-order valence-electron chi connectivity index (χ3n) is 2.14. The van der Waals surface area contributed by atoms with E-state index in [2.05, 4.69) is 31.0 Å². The highest BCUT2D eigenvalue weighted by atomic mass is 14.9. The molecule has 0 aromatic carbocycles. The molecular formula is C11H17N. The van der Waals surface area contributed by atoms with Crippen LogP contribution in [-0.2, 0) is 0 Å². The minimum absolute atomic E-state index is 0.584. The second-order valence-electron chi connectivity index (χ2n) is 3.28. The second-order valence-corrected chi connectivity index (χ2v) is 3.28. The maximum absolute atomic E-state index is 3.99. The molecule has 1 fully saturated rings. The van der Waals surface area contributed by atoms with Gasteiger partial charge in [-0.25, -0.2) is 0 Å². The predicted molar refractivity (Wildman–Crippen MR) is 53.9 cm³/mol. The van der Waals surface area contributed by atoms with Gasteiger partial charge in [0, 0.05) is 11.7 Å². The lowest BCUT2D eigenvalue weighted by Crippen LogP contribution is -2.30. The molecule has 0 aromatic rings. The predicted octanol–water partition coefficient (Wildman–Crippen LogP) is 2.77. The van der Waals surface area contributed by atoms with Crippen molar-refractivity contribution in [3.8, 4) is 0 Å². The fourth-order valence-electron chi connectivity index (χ4n) is 1.38. The number of allylic oxidation sites excluding steroid dienone is 4. The summed E-state index contributed by atoms with van der Waals surface area (Å²) in [6.07, 6.45) is 8.61. The van der Waals surface area contributed by atoms with Gasteiger partial charge in [0.15, 0.2) is 0 Å². The van der Waals surface area contributed by atoms with E-state index in [-0.39, 0.29) is 0 Å². The fraction of sp³-hybridized carbons (Fsp3) is 0.455. The summed E-state index contributed by atoms with van der Waals surface area (Å²) >= 11 is 0. The first-order valence-corrected chi connectivity index (χ1v) is 4.51. The molecule has 0 aliphatic carbocycles. The zero-order chi connectivity index (χ0) is 8.97. The van der Waals surface area contributed by atoms with Gasteiger partial charge in [0.25, 0.3) is 0 Å². The molecule has 66 valence electrons. The monoisotopic (exact) mass is 163 g/mol. The summed E-state index contributed by atoms with van der Waals surface area (Å²) < 4.78 is 0. The van der Waals surface area contributed by atoms with Gasteiger partial charge in [0.1, 0.15) is 0 Å². The van der Waals surface area contributed by atoms with E-state index in [1.54, 1.807) is 0 Å². The van der Waals surface area contributed by atoms with Crippen LogP contribution in [0, 0.1) is 0 Å². The fourth-order valence-corrected chi connectivity index (χ4v) is 1.38. The molecule has 1 aliphatic heterocycles. The van der Waals surface area contributed by atoms with Crippen LogP contribution in [0.3, 0.4) is 0 Å². The van der Waals surface area contributed by atoms with Crippen LogP contribution in [0.1, 0.15) is 26.7 Å². The maximum Gasteiger partial charge on any atom is 0.0301 e. The Kier molecular flexibility index (Phi) is 3.15. The molecule has 0 unspecified atom stereocenters. The van der Waals surface area contributed by atoms with Crippen LogP contribution in [-0.4, -0.2) is 6.04 Å². The van der Waals surface area contributed by atoms with Crippen LogP contribution in [0.5, 0.6) is 0 Å². The van der Waals surface area contributed by atoms with Gasteiger partial charge in [-0.1, -0.05) is 24.8 Å². The summed E-state index contributed by atoms with van der Waals surface area (Å²) in [6.45, 7) is 8.20. The molecule has 1 N–H and O–H groups in total. The summed E-state index contributed by atoms with van der Waals surface area (Å²) in [5, 5.41) is 3.34. The van der Waals surface area contributed by atoms with Gasteiger partial charge in [0.05, 0.1) is 0 Å². The van der Waals surface area contributed by atoms with Crippen LogP contribution >= 0.6 is 0 Å². The lowest BCUT2D eigenvalue weighted by Gasteiger charge is -2.25. The van der Waals surface area contributed by atoms with Crippen LogP contribution < -0.4 is 5.32 Å². The topological polar surface area (TPSA) is 12.0 Å². The summed E-state index contributed by atoms with van der Waals surface area (Å²) in [4.78, 5) is 0. The van der Waals surface area contributed by atoms with Crippen LogP contribution in [0.4, 0.5) is 0 Å². The molecule has 1 heterocycles. The molecule has 1 rings (SSSR count). The highest BCUT2D eigenvalue weighted by Gasteiger charge is 2.13. The van der Waals surface area contributed by atoms with Crippen molar-refractivity contribution in [2.24, 2.45) is 0 Å². The lowest BCUT2D eigenvalue weighted by atomic mass is 9.98. The molecule has 1 aliphatic rings. The summed E-state index contributed by atoms with van der Waals surface area (Å²) in [5.41, 5.74) is 2.43. The van der Waals surface area contributed by atoms with Crippen molar-refractivity contribution in [3.63, 3.8) is 0 Å². The van der Waals surface area contributed by atoms with Gasteiger partial charge in [-0.3, -0.25) is 0 Å². The summed E-state index contributed by atoms with van der Waals surface area (Å²) in [5.74, 6) is 0. The van der Waals surface area contributed by atoms with E-state index in [1.807, 2.05) is 13.0 Å². The normalized spacial score (nSPS) is 28.0. The first-order valence-electron chi connectivity index (χ1n) is 4.51. The molecule has 0 aromatic heterocycles. The number of nitrogens with one attached hydrogen (secondary N) is 1. The molecule has 12 heavy (non-hydrogen) atoms. The average molecular weight is 163 g/mol. The van der Waals surface area contributed by atoms with Crippen molar-refractivity contribution in [2.45, 2.75) is 32.7 Å². The highest BCUT2D eigenvalue weighted by Crippen LogP contribution is 2.20. The highest BCUT2D eigenvalue weighted by molar-refractivity contribution is 5.32. The zero-order valence-corrected chi connectivity index (χ0v) is 7.93. The Labute approximate surface area is 74.9 Å². The van der Waals surface area contributed by atoms with Crippen LogP contribution in [0.2, 0.25) is 0 Å². The van der Waals surface area contributed by atoms with Crippen LogP contribution in [0.25, 0.3) is 0 Å². The van der Waals surface area contributed by atoms with Gasteiger partial charge in [-0.15, -0.1) is 0 Å². The number of rotatable bonds is 1. The molecule has 0 spiro atoms. The number of hydrogen-bond donors (Lipinski definition) is 1. The third kappa shape index (κ3) is 2.26. The van der Waals surface area contributed by atoms with Crippen molar-refractivity contribution < 1.29 is 0 Å². The van der Waals surface area contributed by atoms with E-state index in [4.69, 9.17) is 0 Å². The molecule has 1 saturated heterocycles. The quantitative estimate of drug-likeness (QED) is 0.626. The second kappa shape index (κ2) is 4.15. The Hall–Kier alpha value is -0.980. The Morgan fingerprint density at radius 1 is 1.58 bits per heavy atom. The molecule has 0 bridgehead atoms. The van der Waals surface area contributed by atoms with E-state index in [1.165, 1.54) is 12.0 Å². The maximum atomic E-state index is 3.99. The third-order valence-corrected chi connectivity index (χ3v) is 2.14. The first kappa shape index (κ1) is 9.11. The van der Waals surface area contributed by atoms with E-state index in [9.17, 15) is 0 Å². The van der Waals surface area contributed by atoms with Crippen molar-refractivity contribution >= 4 is 0 Å². The van der Waals surface area contributed by atoms with Crippen molar-refractivity contribution in [2.75, 3.05) is 0 Å². The molecule has 1 atom stereocenters. The minimum Gasteiger partial charge on any atom is -0.383 e.